The van der Waals surface area contributed by atoms with Gasteiger partial charge in [-0.15, -0.1) is 0 Å². The Bertz CT molecular complexity index is 754. The fourth-order valence-electron chi connectivity index (χ4n) is 3.37. The first-order valence-corrected chi connectivity index (χ1v) is 8.23. The predicted octanol–water partition coefficient (Wildman–Crippen LogP) is 3.48. The molecule has 0 bridgehead atoms. The first-order valence-electron chi connectivity index (χ1n) is 8.23. The summed E-state index contributed by atoms with van der Waals surface area (Å²) >= 11 is 0. The summed E-state index contributed by atoms with van der Waals surface area (Å²) in [6.45, 7) is 6.17. The second-order valence-electron chi connectivity index (χ2n) is 6.98. The molecule has 1 heterocycles. The Balaban J connectivity index is 2.10. The number of ether oxygens (including phenoxy) is 1. The summed E-state index contributed by atoms with van der Waals surface area (Å²) in [5.41, 5.74) is 9.43. The first kappa shape index (κ1) is 16.4. The van der Waals surface area contributed by atoms with Crippen molar-refractivity contribution in [1.82, 2.24) is 0 Å². The largest absolute Gasteiger partial charge is 0.495 e. The van der Waals surface area contributed by atoms with Crippen LogP contribution in [0.5, 0.6) is 5.75 Å². The molecule has 1 aliphatic heterocycles. The van der Waals surface area contributed by atoms with Gasteiger partial charge in [-0.05, 0) is 35.1 Å². The lowest BCUT2D eigenvalue weighted by Crippen LogP contribution is -2.37. The SMILES string of the molecule is COc1cc(C(N)=O)cc2c1N(Cc1ccccc1)CCC2(C)C. The van der Waals surface area contributed by atoms with Gasteiger partial charge in [0.1, 0.15) is 5.75 Å². The van der Waals surface area contributed by atoms with E-state index in [1.807, 2.05) is 12.1 Å². The Hall–Kier alpha value is -2.49. The summed E-state index contributed by atoms with van der Waals surface area (Å²) in [5.74, 6) is 0.289. The van der Waals surface area contributed by atoms with Crippen molar-refractivity contribution in [2.45, 2.75) is 32.2 Å². The second-order valence-corrected chi connectivity index (χ2v) is 6.98. The molecule has 0 aromatic heterocycles. The highest BCUT2D eigenvalue weighted by Gasteiger charge is 2.34. The van der Waals surface area contributed by atoms with Crippen LogP contribution in [0.15, 0.2) is 42.5 Å². The Morgan fingerprint density at radius 2 is 1.96 bits per heavy atom. The average molecular weight is 324 g/mol. The predicted molar refractivity (Wildman–Crippen MR) is 96.6 cm³/mol. The Morgan fingerprint density at radius 3 is 2.58 bits per heavy atom. The van der Waals surface area contributed by atoms with Crippen LogP contribution in [0, 0.1) is 0 Å². The summed E-state index contributed by atoms with van der Waals surface area (Å²) in [6, 6.07) is 14.1. The molecule has 0 spiro atoms. The topological polar surface area (TPSA) is 55.6 Å². The van der Waals surface area contributed by atoms with Gasteiger partial charge in [-0.3, -0.25) is 4.79 Å². The van der Waals surface area contributed by atoms with Gasteiger partial charge in [0.25, 0.3) is 0 Å². The number of benzene rings is 2. The highest BCUT2D eigenvalue weighted by atomic mass is 16.5. The summed E-state index contributed by atoms with van der Waals surface area (Å²) in [5, 5.41) is 0. The average Bonchev–Trinajstić information content (AvgIpc) is 2.57. The molecule has 4 nitrogen and oxygen atoms in total. The van der Waals surface area contributed by atoms with E-state index < -0.39 is 5.91 Å². The lowest BCUT2D eigenvalue weighted by molar-refractivity contribution is 0.1000. The van der Waals surface area contributed by atoms with E-state index in [4.69, 9.17) is 10.5 Å². The van der Waals surface area contributed by atoms with Gasteiger partial charge in [0.15, 0.2) is 0 Å². The highest BCUT2D eigenvalue weighted by molar-refractivity contribution is 5.95. The van der Waals surface area contributed by atoms with Crippen LogP contribution in [0.2, 0.25) is 0 Å². The number of methoxy groups -OCH3 is 1. The molecule has 0 aliphatic carbocycles. The number of hydrogen-bond donors (Lipinski definition) is 1. The van der Waals surface area contributed by atoms with E-state index in [1.165, 1.54) is 5.56 Å². The molecule has 0 radical (unpaired) electrons. The summed E-state index contributed by atoms with van der Waals surface area (Å²) in [4.78, 5) is 14.0. The molecule has 2 aromatic rings. The van der Waals surface area contributed by atoms with Gasteiger partial charge in [-0.1, -0.05) is 44.2 Å². The number of nitrogens with zero attached hydrogens (tertiary/aromatic N) is 1. The third-order valence-electron chi connectivity index (χ3n) is 4.85. The van der Waals surface area contributed by atoms with Crippen LogP contribution in [0.3, 0.4) is 0 Å². The lowest BCUT2D eigenvalue weighted by Gasteiger charge is -2.41. The number of anilines is 1. The summed E-state index contributed by atoms with van der Waals surface area (Å²) < 4.78 is 5.62. The zero-order valence-corrected chi connectivity index (χ0v) is 14.5. The van der Waals surface area contributed by atoms with Crippen LogP contribution in [0.4, 0.5) is 5.69 Å². The number of primary amides is 1. The number of rotatable bonds is 4. The summed E-state index contributed by atoms with van der Waals surface area (Å²) in [7, 11) is 1.64. The molecule has 2 aromatic carbocycles. The third kappa shape index (κ3) is 2.96. The first-order chi connectivity index (χ1) is 11.4. The number of hydrogen-bond acceptors (Lipinski definition) is 3. The fraction of sp³-hybridized carbons (Fsp3) is 0.350. The van der Waals surface area contributed by atoms with E-state index in [-0.39, 0.29) is 5.41 Å². The van der Waals surface area contributed by atoms with Crippen molar-refractivity contribution in [2.75, 3.05) is 18.6 Å². The van der Waals surface area contributed by atoms with E-state index in [9.17, 15) is 4.79 Å². The Kier molecular flexibility index (Phi) is 4.22. The quantitative estimate of drug-likeness (QED) is 0.937. The van der Waals surface area contributed by atoms with Crippen molar-refractivity contribution in [2.24, 2.45) is 5.73 Å². The minimum Gasteiger partial charge on any atom is -0.495 e. The van der Waals surface area contributed by atoms with E-state index in [1.54, 1.807) is 13.2 Å². The number of nitrogens with two attached hydrogens (primary N) is 1. The van der Waals surface area contributed by atoms with E-state index >= 15 is 0 Å². The lowest BCUT2D eigenvalue weighted by atomic mass is 9.76. The van der Waals surface area contributed by atoms with Gasteiger partial charge >= 0.3 is 0 Å². The molecule has 1 aliphatic rings. The maximum atomic E-state index is 11.7. The molecule has 2 N–H and O–H groups in total. The van der Waals surface area contributed by atoms with Crippen LogP contribution < -0.4 is 15.4 Å². The monoisotopic (exact) mass is 324 g/mol. The number of carbonyl (C=O) groups excluding carboxylic acids is 1. The second kappa shape index (κ2) is 6.19. The van der Waals surface area contributed by atoms with Crippen LogP contribution >= 0.6 is 0 Å². The summed E-state index contributed by atoms with van der Waals surface area (Å²) in [6.07, 6.45) is 1.01. The maximum absolute atomic E-state index is 11.7. The Morgan fingerprint density at radius 1 is 1.25 bits per heavy atom. The van der Waals surface area contributed by atoms with E-state index in [0.29, 0.717) is 11.3 Å². The van der Waals surface area contributed by atoms with Gasteiger partial charge in [0.05, 0.1) is 12.8 Å². The van der Waals surface area contributed by atoms with Crippen molar-refractivity contribution in [3.8, 4) is 5.75 Å². The van der Waals surface area contributed by atoms with Crippen molar-refractivity contribution < 1.29 is 9.53 Å². The zero-order valence-electron chi connectivity index (χ0n) is 14.5. The van der Waals surface area contributed by atoms with Gasteiger partial charge in [-0.25, -0.2) is 0 Å². The van der Waals surface area contributed by atoms with Gasteiger partial charge in [0.2, 0.25) is 5.91 Å². The minimum absolute atomic E-state index is 0.0265. The van der Waals surface area contributed by atoms with Crippen molar-refractivity contribution in [1.29, 1.82) is 0 Å². The molecule has 24 heavy (non-hydrogen) atoms. The molecular weight excluding hydrogens is 300 g/mol. The maximum Gasteiger partial charge on any atom is 0.248 e. The molecule has 0 saturated heterocycles. The normalized spacial score (nSPS) is 15.7. The van der Waals surface area contributed by atoms with Crippen LogP contribution in [0.1, 0.15) is 41.8 Å². The van der Waals surface area contributed by atoms with Crippen LogP contribution in [-0.2, 0) is 12.0 Å². The fourth-order valence-corrected chi connectivity index (χ4v) is 3.37. The highest BCUT2D eigenvalue weighted by Crippen LogP contribution is 2.45. The van der Waals surface area contributed by atoms with Crippen LogP contribution in [-0.4, -0.2) is 19.6 Å². The number of carbonyl (C=O) groups is 1. The molecule has 4 heteroatoms. The molecule has 0 atom stereocenters. The number of amides is 1. The molecule has 3 rings (SSSR count). The Labute approximate surface area is 143 Å². The third-order valence-corrected chi connectivity index (χ3v) is 4.85. The molecule has 0 unspecified atom stereocenters. The van der Waals surface area contributed by atoms with Crippen molar-refractivity contribution in [3.63, 3.8) is 0 Å². The molecule has 126 valence electrons. The standard InChI is InChI=1S/C20H24N2O2/c1-20(2)9-10-22(13-14-7-5-4-6-8-14)18-16(20)11-15(19(21)23)12-17(18)24-3/h4-8,11-12H,9-10,13H2,1-3H3,(H2,21,23). The van der Waals surface area contributed by atoms with E-state index in [2.05, 4.69) is 43.0 Å². The van der Waals surface area contributed by atoms with Crippen molar-refractivity contribution in [3.05, 3.63) is 59.2 Å². The molecule has 0 fully saturated rings. The van der Waals surface area contributed by atoms with Gasteiger partial charge < -0.3 is 15.4 Å². The number of fused-ring (bicyclic) bond motifs is 1. The minimum atomic E-state index is -0.424. The molecular formula is C20H24N2O2. The van der Waals surface area contributed by atoms with Gasteiger partial charge in [-0.2, -0.15) is 0 Å². The zero-order chi connectivity index (χ0) is 17.3. The smallest absolute Gasteiger partial charge is 0.248 e. The van der Waals surface area contributed by atoms with Crippen molar-refractivity contribution >= 4 is 11.6 Å². The van der Waals surface area contributed by atoms with Gasteiger partial charge in [0, 0.05) is 18.7 Å². The molecule has 1 amide bonds. The van der Waals surface area contributed by atoms with Crippen LogP contribution in [0.25, 0.3) is 0 Å². The molecule has 0 saturated carbocycles. The van der Waals surface area contributed by atoms with E-state index in [0.717, 1.165) is 30.8 Å².